The van der Waals surface area contributed by atoms with Gasteiger partial charge < -0.3 is 9.73 Å². The molecule has 2 heterocycles. The van der Waals surface area contributed by atoms with Gasteiger partial charge in [-0.15, -0.1) is 0 Å². The highest BCUT2D eigenvalue weighted by Crippen LogP contribution is 2.32. The van der Waals surface area contributed by atoms with Gasteiger partial charge >= 0.3 is 0 Å². The maximum Gasteiger partial charge on any atom is 0.258 e. The van der Waals surface area contributed by atoms with Crippen molar-refractivity contribution < 1.29 is 9.21 Å². The molecule has 3 aromatic rings. The summed E-state index contributed by atoms with van der Waals surface area (Å²) in [7, 11) is 0. The number of oxazole rings is 1. The molecule has 2 aromatic heterocycles. The Balaban J connectivity index is 1.44. The second kappa shape index (κ2) is 10.8. The van der Waals surface area contributed by atoms with Gasteiger partial charge in [-0.1, -0.05) is 64.1 Å². The molecule has 6 heteroatoms. The quantitative estimate of drug-likeness (QED) is 0.270. The van der Waals surface area contributed by atoms with Crippen LogP contribution in [0.1, 0.15) is 81.9 Å². The van der Waals surface area contributed by atoms with Crippen LogP contribution in [0.15, 0.2) is 40.1 Å². The Morgan fingerprint density at radius 1 is 1.06 bits per heavy atom. The van der Waals surface area contributed by atoms with E-state index in [9.17, 15) is 4.79 Å². The summed E-state index contributed by atoms with van der Waals surface area (Å²) in [6, 6.07) is 8.25. The normalized spacial score (nSPS) is 11.6. The van der Waals surface area contributed by atoms with E-state index >= 15 is 0 Å². The molecular weight excluding hydrogens is 406 g/mol. The summed E-state index contributed by atoms with van der Waals surface area (Å²) < 4.78 is 5.80. The Labute approximate surface area is 189 Å². The summed E-state index contributed by atoms with van der Waals surface area (Å²) in [4.78, 5) is 21.3. The van der Waals surface area contributed by atoms with Gasteiger partial charge in [0.2, 0.25) is 5.91 Å². The number of benzene rings is 1. The lowest BCUT2D eigenvalue weighted by Crippen LogP contribution is -2.15. The van der Waals surface area contributed by atoms with E-state index in [4.69, 9.17) is 4.42 Å². The van der Waals surface area contributed by atoms with Gasteiger partial charge in [0.05, 0.1) is 0 Å². The fourth-order valence-electron chi connectivity index (χ4n) is 3.62. The molecule has 0 bridgehead atoms. The van der Waals surface area contributed by atoms with Crippen LogP contribution in [0.4, 0.5) is 5.69 Å². The van der Waals surface area contributed by atoms with Gasteiger partial charge in [-0.25, -0.2) is 4.98 Å². The van der Waals surface area contributed by atoms with Crippen LogP contribution in [-0.4, -0.2) is 21.6 Å². The highest BCUT2D eigenvalue weighted by Gasteiger charge is 2.16. The fraction of sp³-hybridized carbons (Fsp3) is 0.480. The van der Waals surface area contributed by atoms with E-state index in [1.165, 1.54) is 11.1 Å². The molecule has 31 heavy (non-hydrogen) atoms. The number of fused-ring (bicyclic) bond motifs is 1. The molecule has 0 aliphatic heterocycles. The lowest BCUT2D eigenvalue weighted by molar-refractivity contribution is -0.116. The van der Waals surface area contributed by atoms with Gasteiger partial charge in [0.1, 0.15) is 0 Å². The molecule has 166 valence electrons. The zero-order valence-electron chi connectivity index (χ0n) is 19.2. The fourth-order valence-corrected chi connectivity index (χ4v) is 4.43. The molecule has 1 aromatic carbocycles. The maximum atomic E-state index is 12.6. The number of carbonyl (C=O) groups is 1. The number of thioether (sulfide) groups is 1. The van der Waals surface area contributed by atoms with E-state index in [1.807, 2.05) is 13.0 Å². The number of nitrogens with zero attached hydrogens (tertiary/aromatic N) is 2. The summed E-state index contributed by atoms with van der Waals surface area (Å²) in [6.07, 6.45) is 5.19. The Hall–Kier alpha value is -2.34. The number of carbonyl (C=O) groups excluding carboxylic acids is 1. The van der Waals surface area contributed by atoms with Gasteiger partial charge in [0, 0.05) is 24.1 Å². The van der Waals surface area contributed by atoms with Crippen LogP contribution in [0.5, 0.6) is 0 Å². The minimum Gasteiger partial charge on any atom is -0.429 e. The van der Waals surface area contributed by atoms with Gasteiger partial charge in [0.25, 0.3) is 5.22 Å². The van der Waals surface area contributed by atoms with Gasteiger partial charge in [-0.3, -0.25) is 4.79 Å². The second-order valence-electron chi connectivity index (χ2n) is 8.59. The molecule has 0 aliphatic carbocycles. The molecule has 0 saturated carbocycles. The van der Waals surface area contributed by atoms with Crippen molar-refractivity contribution in [3.63, 3.8) is 0 Å². The van der Waals surface area contributed by atoms with Crippen molar-refractivity contribution in [3.8, 4) is 0 Å². The lowest BCUT2D eigenvalue weighted by Gasteiger charge is -2.20. The van der Waals surface area contributed by atoms with Crippen molar-refractivity contribution in [1.29, 1.82) is 0 Å². The largest absolute Gasteiger partial charge is 0.429 e. The first-order valence-corrected chi connectivity index (χ1v) is 12.1. The van der Waals surface area contributed by atoms with E-state index in [2.05, 4.69) is 61.2 Å². The SMILES string of the molecule is Cc1ccnc2nc(SCCCCCC(=O)Nc3c(C(C)C)cccc3C(C)C)oc12. The number of pyridine rings is 1. The first-order chi connectivity index (χ1) is 14.9. The Morgan fingerprint density at radius 2 is 1.77 bits per heavy atom. The van der Waals surface area contributed by atoms with Crippen LogP contribution >= 0.6 is 11.8 Å². The van der Waals surface area contributed by atoms with E-state index in [-0.39, 0.29) is 5.91 Å². The first-order valence-electron chi connectivity index (χ1n) is 11.1. The number of aromatic nitrogens is 2. The predicted molar refractivity (Wildman–Crippen MR) is 129 cm³/mol. The third-order valence-electron chi connectivity index (χ3n) is 5.38. The van der Waals surface area contributed by atoms with Gasteiger partial charge in [-0.05, 0) is 54.4 Å². The standard InChI is InChI=1S/C25H33N3O2S/c1-16(2)19-10-9-11-20(17(3)4)22(19)27-21(29)12-7-6-8-15-31-25-28-24-23(30-25)18(5)13-14-26-24/h9-11,13-14,16-17H,6-8,12,15H2,1-5H3,(H,27,29). The number of aryl methyl sites for hydroxylation is 1. The molecule has 0 saturated heterocycles. The summed E-state index contributed by atoms with van der Waals surface area (Å²) >= 11 is 1.61. The van der Waals surface area contributed by atoms with Crippen molar-refractivity contribution in [3.05, 3.63) is 47.2 Å². The minimum absolute atomic E-state index is 0.100. The number of unbranched alkanes of at least 4 members (excludes halogenated alkanes) is 2. The van der Waals surface area contributed by atoms with Crippen LogP contribution in [0.3, 0.4) is 0 Å². The zero-order valence-corrected chi connectivity index (χ0v) is 20.0. The Kier molecular flexibility index (Phi) is 8.13. The average molecular weight is 440 g/mol. The summed E-state index contributed by atoms with van der Waals surface area (Å²) in [5.41, 5.74) is 5.91. The van der Waals surface area contributed by atoms with Gasteiger partial charge in [0.15, 0.2) is 11.2 Å². The molecule has 0 spiro atoms. The van der Waals surface area contributed by atoms with Crippen molar-refractivity contribution >= 4 is 34.6 Å². The van der Waals surface area contributed by atoms with Crippen LogP contribution in [0.25, 0.3) is 11.2 Å². The van der Waals surface area contributed by atoms with Crippen LogP contribution < -0.4 is 5.32 Å². The predicted octanol–water partition coefficient (Wildman–Crippen LogP) is 7.07. The summed E-state index contributed by atoms with van der Waals surface area (Å²) in [5, 5.41) is 3.87. The minimum atomic E-state index is 0.100. The molecule has 0 fully saturated rings. The number of hydrogen-bond donors (Lipinski definition) is 1. The maximum absolute atomic E-state index is 12.6. The first kappa shape index (κ1) is 23.3. The van der Waals surface area contributed by atoms with E-state index < -0.39 is 0 Å². The Morgan fingerprint density at radius 3 is 2.42 bits per heavy atom. The lowest BCUT2D eigenvalue weighted by atomic mass is 9.92. The molecular formula is C25H33N3O2S. The van der Waals surface area contributed by atoms with Crippen molar-refractivity contribution in [2.45, 2.75) is 77.4 Å². The number of nitrogens with one attached hydrogen (secondary N) is 1. The highest BCUT2D eigenvalue weighted by molar-refractivity contribution is 7.99. The van der Waals surface area contributed by atoms with Crippen LogP contribution in [0, 0.1) is 6.92 Å². The second-order valence-corrected chi connectivity index (χ2v) is 9.63. The van der Waals surface area contributed by atoms with Crippen LogP contribution in [-0.2, 0) is 4.79 Å². The molecule has 1 amide bonds. The smallest absolute Gasteiger partial charge is 0.258 e. The molecule has 3 rings (SSSR count). The topological polar surface area (TPSA) is 68.0 Å². The Bertz CT molecular complexity index is 1000. The molecule has 0 atom stereocenters. The number of hydrogen-bond acceptors (Lipinski definition) is 5. The summed E-state index contributed by atoms with van der Waals surface area (Å²) in [5.74, 6) is 1.76. The molecule has 0 unspecified atom stereocenters. The van der Waals surface area contributed by atoms with Crippen molar-refractivity contribution in [2.75, 3.05) is 11.1 Å². The summed E-state index contributed by atoms with van der Waals surface area (Å²) in [6.45, 7) is 10.7. The molecule has 1 N–H and O–H groups in total. The van der Waals surface area contributed by atoms with E-state index in [0.717, 1.165) is 41.8 Å². The van der Waals surface area contributed by atoms with Crippen molar-refractivity contribution in [2.24, 2.45) is 0 Å². The molecule has 0 radical (unpaired) electrons. The van der Waals surface area contributed by atoms with Crippen LogP contribution in [0.2, 0.25) is 0 Å². The average Bonchev–Trinajstić information content (AvgIpc) is 3.14. The third-order valence-corrected chi connectivity index (χ3v) is 6.29. The number of anilines is 1. The molecule has 0 aliphatic rings. The number of para-hydroxylation sites is 1. The van der Waals surface area contributed by atoms with Gasteiger partial charge in [-0.2, -0.15) is 4.98 Å². The van der Waals surface area contributed by atoms with Crippen molar-refractivity contribution in [1.82, 2.24) is 9.97 Å². The highest BCUT2D eigenvalue weighted by atomic mass is 32.2. The monoisotopic (exact) mass is 439 g/mol. The third kappa shape index (κ3) is 6.10. The molecule has 5 nitrogen and oxygen atoms in total. The number of amides is 1. The zero-order chi connectivity index (χ0) is 22.4. The van der Waals surface area contributed by atoms with E-state index in [0.29, 0.717) is 29.1 Å². The number of rotatable bonds is 10. The van der Waals surface area contributed by atoms with E-state index in [1.54, 1.807) is 18.0 Å².